The topological polar surface area (TPSA) is 102 Å². The van der Waals surface area contributed by atoms with Crippen molar-refractivity contribution in [1.29, 1.82) is 0 Å². The predicted octanol–water partition coefficient (Wildman–Crippen LogP) is 2.78. The van der Waals surface area contributed by atoms with Crippen molar-refractivity contribution in [3.63, 3.8) is 0 Å². The summed E-state index contributed by atoms with van der Waals surface area (Å²) < 4.78 is 56.8. The van der Waals surface area contributed by atoms with Gasteiger partial charge in [0, 0.05) is 6.07 Å². The molecule has 0 unspecified atom stereocenters. The minimum atomic E-state index is -3.68. The van der Waals surface area contributed by atoms with Gasteiger partial charge in [-0.3, -0.25) is 4.72 Å². The molecule has 0 heterocycles. The van der Waals surface area contributed by atoms with Gasteiger partial charge in [-0.2, -0.15) is 0 Å². The lowest BCUT2D eigenvalue weighted by atomic mass is 10.3. The molecule has 0 spiro atoms. The van der Waals surface area contributed by atoms with Crippen molar-refractivity contribution in [2.24, 2.45) is 0 Å². The van der Waals surface area contributed by atoms with Crippen molar-refractivity contribution in [3.8, 4) is 11.5 Å². The highest BCUT2D eigenvalue weighted by atomic mass is 32.2. The van der Waals surface area contributed by atoms with E-state index < -0.39 is 20.0 Å². The number of hydrogen-bond donors (Lipinski definition) is 2. The van der Waals surface area contributed by atoms with Gasteiger partial charge in [0.25, 0.3) is 0 Å². The fourth-order valence-electron chi connectivity index (χ4n) is 1.77. The normalized spacial score (nSPS) is 11.2. The van der Waals surface area contributed by atoms with Crippen LogP contribution in [0.3, 0.4) is 0 Å². The number of ether oxygens (including phenoxy) is 1. The van der Waals surface area contributed by atoms with Crippen LogP contribution in [0.25, 0.3) is 0 Å². The fraction of sp³-hybridized carbons (Fsp3) is 0.250. The molecule has 7 nitrogen and oxygen atoms in total. The van der Waals surface area contributed by atoms with Gasteiger partial charge >= 0.3 is 0 Å². The summed E-state index contributed by atoms with van der Waals surface area (Å²) in [6.45, 7) is 4.00. The van der Waals surface area contributed by atoms with Crippen molar-refractivity contribution in [1.82, 2.24) is 4.72 Å². The van der Waals surface area contributed by atoms with Crippen LogP contribution >= 0.6 is 0 Å². The molecule has 0 aliphatic heterocycles. The van der Waals surface area contributed by atoms with Crippen LogP contribution in [0.4, 0.5) is 5.69 Å². The molecular formula is C16H22N2O5S2. The maximum Gasteiger partial charge on any atom is 0.240 e. The fourth-order valence-corrected chi connectivity index (χ4v) is 3.08. The number of anilines is 1. The van der Waals surface area contributed by atoms with Gasteiger partial charge < -0.3 is 4.74 Å². The quantitative estimate of drug-likeness (QED) is 0.795. The Morgan fingerprint density at radius 3 is 2.04 bits per heavy atom. The van der Waals surface area contributed by atoms with Gasteiger partial charge in [-0.15, -0.1) is 0 Å². The third-order valence-electron chi connectivity index (χ3n) is 2.80. The van der Waals surface area contributed by atoms with Crippen molar-refractivity contribution in [3.05, 3.63) is 48.5 Å². The molecule has 0 radical (unpaired) electrons. The standard InChI is InChI=1S/C14H16N2O5S2.C2H6/c1-15-23(19,20)12-8-9-13(16-22(2,17)18)14(10-12)21-11-6-4-3-5-7-11;1-2/h3-10,15-16H,1-2H3;1-2H3. The van der Waals surface area contributed by atoms with E-state index in [0.717, 1.165) is 6.26 Å². The largest absolute Gasteiger partial charge is 0.455 e. The summed E-state index contributed by atoms with van der Waals surface area (Å²) in [7, 11) is -5.93. The molecule has 0 saturated carbocycles. The third kappa shape index (κ3) is 6.37. The summed E-state index contributed by atoms with van der Waals surface area (Å²) in [5, 5.41) is 0. The first-order chi connectivity index (χ1) is 11.7. The highest BCUT2D eigenvalue weighted by molar-refractivity contribution is 7.92. The minimum absolute atomic E-state index is 0.0371. The molecule has 138 valence electrons. The third-order valence-corrected chi connectivity index (χ3v) is 4.80. The molecule has 25 heavy (non-hydrogen) atoms. The highest BCUT2D eigenvalue weighted by Crippen LogP contribution is 2.32. The van der Waals surface area contributed by atoms with Gasteiger partial charge in [-0.25, -0.2) is 21.6 Å². The number of sulfonamides is 2. The van der Waals surface area contributed by atoms with E-state index in [4.69, 9.17) is 4.74 Å². The Hall–Kier alpha value is -2.10. The number of rotatable bonds is 6. The second-order valence-corrected chi connectivity index (χ2v) is 8.29. The van der Waals surface area contributed by atoms with E-state index in [2.05, 4.69) is 9.44 Å². The van der Waals surface area contributed by atoms with Gasteiger partial charge in [0.15, 0.2) is 5.75 Å². The Labute approximate surface area is 149 Å². The van der Waals surface area contributed by atoms with E-state index in [9.17, 15) is 16.8 Å². The first kappa shape index (κ1) is 20.9. The van der Waals surface area contributed by atoms with E-state index in [1.54, 1.807) is 30.3 Å². The number of benzene rings is 2. The predicted molar refractivity (Wildman–Crippen MR) is 99.0 cm³/mol. The van der Waals surface area contributed by atoms with Gasteiger partial charge in [0.1, 0.15) is 5.75 Å². The molecule has 2 aromatic rings. The molecular weight excluding hydrogens is 364 g/mol. The summed E-state index contributed by atoms with van der Waals surface area (Å²) >= 11 is 0. The average Bonchev–Trinajstić information content (AvgIpc) is 2.58. The summed E-state index contributed by atoms with van der Waals surface area (Å²) in [4.78, 5) is -0.0371. The maximum atomic E-state index is 11.9. The monoisotopic (exact) mass is 386 g/mol. The zero-order valence-electron chi connectivity index (χ0n) is 14.5. The van der Waals surface area contributed by atoms with Crippen molar-refractivity contribution < 1.29 is 21.6 Å². The van der Waals surface area contributed by atoms with Crippen LogP contribution in [0, 0.1) is 0 Å². The van der Waals surface area contributed by atoms with Gasteiger partial charge in [-0.05, 0) is 31.3 Å². The van der Waals surface area contributed by atoms with Crippen molar-refractivity contribution >= 4 is 25.7 Å². The maximum absolute atomic E-state index is 11.9. The van der Waals surface area contributed by atoms with Crippen LogP contribution in [-0.4, -0.2) is 30.1 Å². The molecule has 0 aliphatic rings. The van der Waals surface area contributed by atoms with Crippen LogP contribution in [0.2, 0.25) is 0 Å². The Kier molecular flexibility index (Phi) is 7.40. The molecule has 0 saturated heterocycles. The Bertz CT molecular complexity index is 895. The van der Waals surface area contributed by atoms with Gasteiger partial charge in [-0.1, -0.05) is 32.0 Å². The average molecular weight is 386 g/mol. The Balaban J connectivity index is 0.00000151. The van der Waals surface area contributed by atoms with E-state index in [1.165, 1.54) is 25.2 Å². The number of hydrogen-bond acceptors (Lipinski definition) is 5. The van der Waals surface area contributed by atoms with Crippen molar-refractivity contribution in [2.45, 2.75) is 18.7 Å². The van der Waals surface area contributed by atoms with Crippen LogP contribution in [0.15, 0.2) is 53.4 Å². The second-order valence-electron chi connectivity index (χ2n) is 4.65. The summed E-state index contributed by atoms with van der Waals surface area (Å²) in [6.07, 6.45) is 0.998. The molecule has 2 rings (SSSR count). The van der Waals surface area contributed by atoms with Gasteiger partial charge in [0.2, 0.25) is 20.0 Å². The van der Waals surface area contributed by atoms with E-state index in [0.29, 0.717) is 5.75 Å². The van der Waals surface area contributed by atoms with Crippen LogP contribution in [0.5, 0.6) is 11.5 Å². The van der Waals surface area contributed by atoms with Crippen LogP contribution in [-0.2, 0) is 20.0 Å². The summed E-state index contributed by atoms with van der Waals surface area (Å²) in [6, 6.07) is 12.5. The summed E-state index contributed by atoms with van der Waals surface area (Å²) in [5.41, 5.74) is 0.145. The smallest absolute Gasteiger partial charge is 0.240 e. The molecule has 0 fully saturated rings. The number of para-hydroxylation sites is 1. The summed E-state index contributed by atoms with van der Waals surface area (Å²) in [5.74, 6) is 0.529. The first-order valence-electron chi connectivity index (χ1n) is 7.49. The SMILES string of the molecule is CC.CNS(=O)(=O)c1ccc(NS(C)(=O)=O)c(Oc2ccccc2)c1. The zero-order chi connectivity index (χ0) is 19.1. The molecule has 9 heteroatoms. The van der Waals surface area contributed by atoms with Crippen LogP contribution < -0.4 is 14.2 Å². The molecule has 0 bridgehead atoms. The molecule has 2 N–H and O–H groups in total. The highest BCUT2D eigenvalue weighted by Gasteiger charge is 2.17. The molecule has 2 aromatic carbocycles. The first-order valence-corrected chi connectivity index (χ1v) is 10.9. The number of nitrogens with one attached hydrogen (secondary N) is 2. The molecule has 0 aromatic heterocycles. The van der Waals surface area contributed by atoms with E-state index in [-0.39, 0.29) is 16.3 Å². The lowest BCUT2D eigenvalue weighted by Gasteiger charge is -2.13. The van der Waals surface area contributed by atoms with Crippen LogP contribution in [0.1, 0.15) is 13.8 Å². The van der Waals surface area contributed by atoms with Gasteiger partial charge in [0.05, 0.1) is 16.8 Å². The zero-order valence-corrected chi connectivity index (χ0v) is 16.1. The lowest BCUT2D eigenvalue weighted by Crippen LogP contribution is -2.19. The minimum Gasteiger partial charge on any atom is -0.455 e. The molecule has 0 aliphatic carbocycles. The Morgan fingerprint density at radius 2 is 1.52 bits per heavy atom. The second kappa shape index (κ2) is 8.84. The van der Waals surface area contributed by atoms with E-state index in [1.807, 2.05) is 13.8 Å². The Morgan fingerprint density at radius 1 is 0.920 bits per heavy atom. The molecule has 0 atom stereocenters. The molecule has 0 amide bonds. The lowest BCUT2D eigenvalue weighted by molar-refractivity contribution is 0.483. The van der Waals surface area contributed by atoms with Crippen molar-refractivity contribution in [2.75, 3.05) is 18.0 Å². The van der Waals surface area contributed by atoms with E-state index >= 15 is 0 Å².